The Kier molecular flexibility index (Phi) is 8.72. The van der Waals surface area contributed by atoms with Gasteiger partial charge in [0, 0.05) is 55.0 Å². The Balaban J connectivity index is 1.14. The zero-order valence-corrected chi connectivity index (χ0v) is 22.7. The maximum atomic E-state index is 13.0. The predicted octanol–water partition coefficient (Wildman–Crippen LogP) is 3.83. The average molecular weight is 541 g/mol. The number of ketones is 2. The first-order valence-corrected chi connectivity index (χ1v) is 14.1. The van der Waals surface area contributed by atoms with Gasteiger partial charge in [-0.25, -0.2) is 0 Å². The van der Waals surface area contributed by atoms with Crippen molar-refractivity contribution in [3.05, 3.63) is 101 Å². The van der Waals surface area contributed by atoms with Gasteiger partial charge in [0.05, 0.1) is 18.6 Å². The first kappa shape index (κ1) is 27.7. The number of carbonyl (C=O) groups is 3. The Morgan fingerprint density at radius 1 is 0.600 bits per heavy atom. The van der Waals surface area contributed by atoms with E-state index in [1.165, 1.54) is 0 Å². The molecule has 1 amide bonds. The summed E-state index contributed by atoms with van der Waals surface area (Å²) in [5.74, 6) is -0.0538. The van der Waals surface area contributed by atoms with Crippen molar-refractivity contribution in [2.24, 2.45) is 0 Å². The second kappa shape index (κ2) is 12.6. The van der Waals surface area contributed by atoms with Gasteiger partial charge in [-0.1, -0.05) is 48.5 Å². The van der Waals surface area contributed by atoms with Crippen molar-refractivity contribution in [1.82, 2.24) is 4.90 Å². The van der Waals surface area contributed by atoms with Crippen LogP contribution in [0.5, 0.6) is 0 Å². The standard InChI is InChI=1S/C33H36N2O5/c36-29-13-17-34(18-14-29)28-11-9-25(10-12-28)31(38)21-23-1-5-26(6-2-23)33(40)27-7-3-24(4-8-27)22-32(39)35-19-15-30(37)16-20-35/h1-12,29-30,36-37H,13-22H2. The van der Waals surface area contributed by atoms with Crippen LogP contribution in [0.1, 0.15) is 63.1 Å². The fraction of sp³-hybridized carbons (Fsp3) is 0.364. The highest BCUT2D eigenvalue weighted by Gasteiger charge is 2.21. The van der Waals surface area contributed by atoms with Crippen molar-refractivity contribution in [3.63, 3.8) is 0 Å². The Labute approximate surface area is 235 Å². The van der Waals surface area contributed by atoms with E-state index in [1.54, 1.807) is 29.2 Å². The van der Waals surface area contributed by atoms with Gasteiger partial charge in [0.25, 0.3) is 0 Å². The normalized spacial score (nSPS) is 16.6. The highest BCUT2D eigenvalue weighted by atomic mass is 16.3. The average Bonchev–Trinajstić information content (AvgIpc) is 2.98. The molecule has 3 aromatic carbocycles. The van der Waals surface area contributed by atoms with Gasteiger partial charge in [-0.15, -0.1) is 0 Å². The molecule has 0 bridgehead atoms. The van der Waals surface area contributed by atoms with E-state index in [9.17, 15) is 24.6 Å². The van der Waals surface area contributed by atoms with Gasteiger partial charge in [-0.2, -0.15) is 0 Å². The lowest BCUT2D eigenvalue weighted by Crippen LogP contribution is -2.40. The van der Waals surface area contributed by atoms with E-state index in [2.05, 4.69) is 4.90 Å². The van der Waals surface area contributed by atoms with Crippen LogP contribution in [0.25, 0.3) is 0 Å². The van der Waals surface area contributed by atoms with E-state index in [0.29, 0.717) is 42.6 Å². The minimum Gasteiger partial charge on any atom is -0.393 e. The van der Waals surface area contributed by atoms with Crippen LogP contribution in [-0.2, 0) is 17.6 Å². The molecule has 3 aromatic rings. The number of Topliss-reactive ketones (excluding diaryl/α,β-unsaturated/α-hetero) is 1. The lowest BCUT2D eigenvalue weighted by atomic mass is 9.97. The minimum absolute atomic E-state index is 0.0190. The second-order valence-corrected chi connectivity index (χ2v) is 10.9. The molecule has 0 spiro atoms. The molecule has 0 unspecified atom stereocenters. The number of benzene rings is 3. The zero-order valence-electron chi connectivity index (χ0n) is 22.7. The second-order valence-electron chi connectivity index (χ2n) is 10.9. The molecule has 0 aliphatic carbocycles. The van der Waals surface area contributed by atoms with Crippen molar-refractivity contribution < 1.29 is 24.6 Å². The predicted molar refractivity (Wildman–Crippen MR) is 154 cm³/mol. The summed E-state index contributed by atoms with van der Waals surface area (Å²) >= 11 is 0. The summed E-state index contributed by atoms with van der Waals surface area (Å²) in [6.07, 6.45) is 2.75. The van der Waals surface area contributed by atoms with Crippen molar-refractivity contribution in [3.8, 4) is 0 Å². The molecule has 2 saturated heterocycles. The molecule has 0 saturated carbocycles. The number of rotatable bonds is 8. The van der Waals surface area contributed by atoms with E-state index < -0.39 is 0 Å². The summed E-state index contributed by atoms with van der Waals surface area (Å²) in [4.78, 5) is 42.4. The number of piperidine rings is 2. The number of aliphatic hydroxyl groups is 2. The van der Waals surface area contributed by atoms with Crippen molar-refractivity contribution >= 4 is 23.2 Å². The van der Waals surface area contributed by atoms with Crippen LogP contribution in [-0.4, -0.2) is 71.0 Å². The van der Waals surface area contributed by atoms with Gasteiger partial charge in [-0.05, 0) is 61.1 Å². The molecule has 7 nitrogen and oxygen atoms in total. The minimum atomic E-state index is -0.316. The van der Waals surface area contributed by atoms with E-state index in [4.69, 9.17) is 0 Å². The Bertz CT molecular complexity index is 1320. The van der Waals surface area contributed by atoms with Crippen molar-refractivity contribution in [2.75, 3.05) is 31.1 Å². The van der Waals surface area contributed by atoms with E-state index in [1.807, 2.05) is 48.5 Å². The molecule has 2 aliphatic rings. The quantitative estimate of drug-likeness (QED) is 0.422. The van der Waals surface area contributed by atoms with Gasteiger partial charge >= 0.3 is 0 Å². The molecule has 7 heteroatoms. The first-order chi connectivity index (χ1) is 19.4. The van der Waals surface area contributed by atoms with Crippen LogP contribution in [0.4, 0.5) is 5.69 Å². The van der Waals surface area contributed by atoms with Gasteiger partial charge in [0.2, 0.25) is 5.91 Å². The summed E-state index contributed by atoms with van der Waals surface area (Å²) in [6.45, 7) is 2.79. The Morgan fingerprint density at radius 3 is 1.57 bits per heavy atom. The largest absolute Gasteiger partial charge is 0.393 e. The number of hydrogen-bond donors (Lipinski definition) is 2. The number of hydrogen-bond acceptors (Lipinski definition) is 6. The molecule has 0 aromatic heterocycles. The number of anilines is 1. The van der Waals surface area contributed by atoms with E-state index in [0.717, 1.165) is 42.7 Å². The smallest absolute Gasteiger partial charge is 0.226 e. The third kappa shape index (κ3) is 6.84. The summed E-state index contributed by atoms with van der Waals surface area (Å²) < 4.78 is 0. The maximum Gasteiger partial charge on any atom is 0.226 e. The third-order valence-electron chi connectivity index (χ3n) is 7.99. The number of nitrogens with zero attached hydrogens (tertiary/aromatic N) is 2. The number of likely N-dealkylation sites (tertiary alicyclic amines) is 1. The summed E-state index contributed by atoms with van der Waals surface area (Å²) in [5, 5.41) is 19.3. The van der Waals surface area contributed by atoms with Gasteiger partial charge in [0.1, 0.15) is 0 Å². The molecule has 2 fully saturated rings. The van der Waals surface area contributed by atoms with E-state index >= 15 is 0 Å². The van der Waals surface area contributed by atoms with Gasteiger partial charge < -0.3 is 20.0 Å². The van der Waals surface area contributed by atoms with E-state index in [-0.39, 0.29) is 42.5 Å². The number of carbonyl (C=O) groups excluding carboxylic acids is 3. The van der Waals surface area contributed by atoms with Crippen LogP contribution in [0.15, 0.2) is 72.8 Å². The molecular weight excluding hydrogens is 504 g/mol. The first-order valence-electron chi connectivity index (χ1n) is 14.1. The highest BCUT2D eigenvalue weighted by molar-refractivity contribution is 6.09. The van der Waals surface area contributed by atoms with Crippen molar-refractivity contribution in [2.45, 2.75) is 50.7 Å². The van der Waals surface area contributed by atoms with Gasteiger partial charge in [0.15, 0.2) is 11.6 Å². The third-order valence-corrected chi connectivity index (χ3v) is 7.99. The fourth-order valence-electron chi connectivity index (χ4n) is 5.39. The SMILES string of the molecule is O=C(Cc1ccc(C(=O)c2ccc(CC(=O)N3CCC(O)CC3)cc2)cc1)c1ccc(N2CCC(O)CC2)cc1. The molecule has 208 valence electrons. The summed E-state index contributed by atoms with van der Waals surface area (Å²) in [5.41, 5.74) is 4.50. The Morgan fingerprint density at radius 2 is 1.05 bits per heavy atom. The van der Waals surface area contributed by atoms with Crippen LogP contribution in [0.3, 0.4) is 0 Å². The molecular formula is C33H36N2O5. The van der Waals surface area contributed by atoms with Crippen LogP contribution >= 0.6 is 0 Å². The Hall–Kier alpha value is -3.81. The molecule has 40 heavy (non-hydrogen) atoms. The van der Waals surface area contributed by atoms with Crippen LogP contribution in [0, 0.1) is 0 Å². The number of amides is 1. The molecule has 2 aliphatic heterocycles. The van der Waals surface area contributed by atoms with Crippen LogP contribution < -0.4 is 4.90 Å². The van der Waals surface area contributed by atoms with Gasteiger partial charge in [-0.3, -0.25) is 14.4 Å². The number of aliphatic hydroxyl groups excluding tert-OH is 2. The molecule has 2 heterocycles. The monoisotopic (exact) mass is 540 g/mol. The highest BCUT2D eigenvalue weighted by Crippen LogP contribution is 2.22. The summed E-state index contributed by atoms with van der Waals surface area (Å²) in [6, 6.07) is 21.9. The maximum absolute atomic E-state index is 13.0. The topological polar surface area (TPSA) is 98.2 Å². The summed E-state index contributed by atoms with van der Waals surface area (Å²) in [7, 11) is 0. The zero-order chi connectivity index (χ0) is 28.1. The lowest BCUT2D eigenvalue weighted by molar-refractivity contribution is -0.132. The fourth-order valence-corrected chi connectivity index (χ4v) is 5.39. The molecule has 2 N–H and O–H groups in total. The van der Waals surface area contributed by atoms with Crippen LogP contribution in [0.2, 0.25) is 0 Å². The van der Waals surface area contributed by atoms with Crippen molar-refractivity contribution in [1.29, 1.82) is 0 Å². The lowest BCUT2D eigenvalue weighted by Gasteiger charge is -2.31. The molecule has 0 atom stereocenters. The molecule has 0 radical (unpaired) electrons. The molecule has 5 rings (SSSR count).